The van der Waals surface area contributed by atoms with Gasteiger partial charge in [-0.15, -0.1) is 0 Å². The van der Waals surface area contributed by atoms with Gasteiger partial charge in [-0.3, -0.25) is 0 Å². The van der Waals surface area contributed by atoms with Crippen molar-refractivity contribution in [3.8, 4) is 0 Å². The first-order valence-corrected chi connectivity index (χ1v) is 4.97. The molecule has 1 saturated heterocycles. The standard InChI is InChI=1S/C7H13NO2S/c1-5(2)10-7(9)6-3-11-4-8-6/h5-6,8H,3-4H2,1-2H3/p+1/t6-/m1/s1. The average molecular weight is 176 g/mol. The Labute approximate surface area is 70.9 Å². The van der Waals surface area contributed by atoms with Gasteiger partial charge in [0.2, 0.25) is 0 Å². The van der Waals surface area contributed by atoms with Gasteiger partial charge in [-0.2, -0.15) is 0 Å². The van der Waals surface area contributed by atoms with Gasteiger partial charge in [0.25, 0.3) is 0 Å². The zero-order valence-electron chi connectivity index (χ0n) is 6.87. The Balaban J connectivity index is 2.28. The molecule has 11 heavy (non-hydrogen) atoms. The predicted molar refractivity (Wildman–Crippen MR) is 44.3 cm³/mol. The number of nitrogens with two attached hydrogens (primary N) is 1. The van der Waals surface area contributed by atoms with Crippen LogP contribution in [0.4, 0.5) is 0 Å². The van der Waals surface area contributed by atoms with E-state index in [1.807, 2.05) is 19.2 Å². The summed E-state index contributed by atoms with van der Waals surface area (Å²) in [5.41, 5.74) is 0. The third-order valence-corrected chi connectivity index (χ3v) is 2.47. The fraction of sp³-hybridized carbons (Fsp3) is 0.857. The fourth-order valence-corrected chi connectivity index (χ4v) is 1.96. The number of ether oxygens (including phenoxy) is 1. The van der Waals surface area contributed by atoms with E-state index in [4.69, 9.17) is 4.74 Å². The maximum Gasteiger partial charge on any atom is 0.366 e. The van der Waals surface area contributed by atoms with Gasteiger partial charge < -0.3 is 10.1 Å². The lowest BCUT2D eigenvalue weighted by molar-refractivity contribution is -0.650. The molecule has 0 amide bonds. The maximum atomic E-state index is 11.2. The predicted octanol–water partition coefficient (Wildman–Crippen LogP) is -0.426. The van der Waals surface area contributed by atoms with Gasteiger partial charge in [-0.25, -0.2) is 4.79 Å². The van der Waals surface area contributed by atoms with Crippen LogP contribution in [0.25, 0.3) is 0 Å². The summed E-state index contributed by atoms with van der Waals surface area (Å²) in [5.74, 6) is 1.81. The Morgan fingerprint density at radius 2 is 2.45 bits per heavy atom. The molecule has 0 unspecified atom stereocenters. The molecule has 1 aliphatic rings. The van der Waals surface area contributed by atoms with Crippen LogP contribution < -0.4 is 5.32 Å². The van der Waals surface area contributed by atoms with Crippen molar-refractivity contribution in [2.24, 2.45) is 0 Å². The van der Waals surface area contributed by atoms with Crippen LogP contribution >= 0.6 is 11.8 Å². The molecule has 4 heteroatoms. The number of hydrogen-bond acceptors (Lipinski definition) is 3. The highest BCUT2D eigenvalue weighted by atomic mass is 32.2. The second kappa shape index (κ2) is 3.97. The van der Waals surface area contributed by atoms with Crippen molar-refractivity contribution in [2.75, 3.05) is 11.6 Å². The highest BCUT2D eigenvalue weighted by molar-refractivity contribution is 7.99. The summed E-state index contributed by atoms with van der Waals surface area (Å²) in [6, 6.07) is 0.0439. The molecule has 0 aromatic rings. The van der Waals surface area contributed by atoms with E-state index in [1.54, 1.807) is 11.8 Å². The SMILES string of the molecule is CC(C)OC(=O)[C@H]1CSC[NH2+]1. The summed E-state index contributed by atoms with van der Waals surface area (Å²) in [4.78, 5) is 11.2. The van der Waals surface area contributed by atoms with Gasteiger partial charge >= 0.3 is 5.97 Å². The largest absolute Gasteiger partial charge is 0.459 e. The molecule has 0 aromatic heterocycles. The van der Waals surface area contributed by atoms with Crippen molar-refractivity contribution < 1.29 is 14.8 Å². The van der Waals surface area contributed by atoms with E-state index >= 15 is 0 Å². The molecule has 64 valence electrons. The molecular formula is C7H14NO2S+. The van der Waals surface area contributed by atoms with Crippen molar-refractivity contribution in [1.82, 2.24) is 0 Å². The molecule has 1 atom stereocenters. The monoisotopic (exact) mass is 176 g/mol. The summed E-state index contributed by atoms with van der Waals surface area (Å²) < 4.78 is 5.05. The van der Waals surface area contributed by atoms with Crippen LogP contribution in [0.2, 0.25) is 0 Å². The summed E-state index contributed by atoms with van der Waals surface area (Å²) in [6.45, 7) is 3.75. The summed E-state index contributed by atoms with van der Waals surface area (Å²) >= 11 is 1.78. The molecule has 0 spiro atoms. The van der Waals surface area contributed by atoms with Gasteiger partial charge in [0.1, 0.15) is 5.88 Å². The number of thioether (sulfide) groups is 1. The normalized spacial score (nSPS) is 24.1. The van der Waals surface area contributed by atoms with Crippen LogP contribution in [0, 0.1) is 0 Å². The molecule has 0 aliphatic carbocycles. The minimum Gasteiger partial charge on any atom is -0.459 e. The lowest BCUT2D eigenvalue weighted by Gasteiger charge is -2.09. The van der Waals surface area contributed by atoms with Crippen LogP contribution in [0.5, 0.6) is 0 Å². The second-order valence-electron chi connectivity index (χ2n) is 2.87. The zero-order valence-corrected chi connectivity index (χ0v) is 7.69. The topological polar surface area (TPSA) is 42.9 Å². The highest BCUT2D eigenvalue weighted by Gasteiger charge is 2.28. The second-order valence-corrected chi connectivity index (χ2v) is 3.94. The van der Waals surface area contributed by atoms with E-state index < -0.39 is 0 Å². The van der Waals surface area contributed by atoms with E-state index in [9.17, 15) is 4.79 Å². The fourth-order valence-electron chi connectivity index (χ4n) is 0.931. The van der Waals surface area contributed by atoms with E-state index in [0.29, 0.717) is 0 Å². The van der Waals surface area contributed by atoms with E-state index in [2.05, 4.69) is 0 Å². The van der Waals surface area contributed by atoms with Crippen molar-refractivity contribution >= 4 is 17.7 Å². The number of carbonyl (C=O) groups excluding carboxylic acids is 1. The number of rotatable bonds is 2. The van der Waals surface area contributed by atoms with Gasteiger partial charge in [-0.05, 0) is 13.8 Å². The molecule has 0 bridgehead atoms. The zero-order chi connectivity index (χ0) is 8.27. The average Bonchev–Trinajstić information content (AvgIpc) is 2.35. The Morgan fingerprint density at radius 1 is 1.73 bits per heavy atom. The molecule has 1 fully saturated rings. The summed E-state index contributed by atoms with van der Waals surface area (Å²) in [7, 11) is 0. The minimum absolute atomic E-state index is 0.0153. The third-order valence-electron chi connectivity index (χ3n) is 1.45. The van der Waals surface area contributed by atoms with E-state index in [-0.39, 0.29) is 18.1 Å². The molecule has 0 radical (unpaired) electrons. The van der Waals surface area contributed by atoms with Gasteiger partial charge in [0, 0.05) is 0 Å². The van der Waals surface area contributed by atoms with Crippen LogP contribution in [0.15, 0.2) is 0 Å². The van der Waals surface area contributed by atoms with Crippen molar-refractivity contribution in [3.05, 3.63) is 0 Å². The number of quaternary nitrogens is 1. The smallest absolute Gasteiger partial charge is 0.366 e. The van der Waals surface area contributed by atoms with Gasteiger partial charge in [-0.1, -0.05) is 11.8 Å². The molecular weight excluding hydrogens is 162 g/mol. The molecule has 0 saturated carbocycles. The van der Waals surface area contributed by atoms with Crippen molar-refractivity contribution in [1.29, 1.82) is 0 Å². The van der Waals surface area contributed by atoms with E-state index in [0.717, 1.165) is 11.6 Å². The molecule has 3 nitrogen and oxygen atoms in total. The molecule has 1 rings (SSSR count). The lowest BCUT2D eigenvalue weighted by atomic mass is 10.3. The van der Waals surface area contributed by atoms with Crippen molar-refractivity contribution in [3.63, 3.8) is 0 Å². The highest BCUT2D eigenvalue weighted by Crippen LogP contribution is 2.04. The lowest BCUT2D eigenvalue weighted by Crippen LogP contribution is -2.89. The Bertz CT molecular complexity index is 143. The number of carbonyl (C=O) groups is 1. The number of hydrogen-bond donors (Lipinski definition) is 1. The Kier molecular flexibility index (Phi) is 3.20. The van der Waals surface area contributed by atoms with Crippen LogP contribution in [0.3, 0.4) is 0 Å². The minimum atomic E-state index is -0.0648. The maximum absolute atomic E-state index is 11.2. The van der Waals surface area contributed by atoms with Crippen molar-refractivity contribution in [2.45, 2.75) is 26.0 Å². The first-order chi connectivity index (χ1) is 5.20. The Hall–Kier alpha value is -0.220. The molecule has 1 aliphatic heterocycles. The molecule has 1 heterocycles. The van der Waals surface area contributed by atoms with Crippen LogP contribution in [0.1, 0.15) is 13.8 Å². The van der Waals surface area contributed by atoms with Crippen LogP contribution in [-0.4, -0.2) is 29.7 Å². The summed E-state index contributed by atoms with van der Waals surface area (Å²) in [6.07, 6.45) is 0.0153. The summed E-state index contributed by atoms with van der Waals surface area (Å²) in [5, 5.41) is 2.02. The first-order valence-electron chi connectivity index (χ1n) is 3.81. The molecule has 2 N–H and O–H groups in total. The quantitative estimate of drug-likeness (QED) is 0.581. The third kappa shape index (κ3) is 2.71. The van der Waals surface area contributed by atoms with E-state index in [1.165, 1.54) is 0 Å². The van der Waals surface area contributed by atoms with Gasteiger partial charge in [0.15, 0.2) is 6.04 Å². The Morgan fingerprint density at radius 3 is 2.91 bits per heavy atom. The van der Waals surface area contributed by atoms with Gasteiger partial charge in [0.05, 0.1) is 11.9 Å². The number of esters is 1. The van der Waals surface area contributed by atoms with Crippen LogP contribution in [-0.2, 0) is 9.53 Å². The first kappa shape index (κ1) is 8.87. The molecule has 0 aromatic carbocycles.